The van der Waals surface area contributed by atoms with Crippen LogP contribution < -0.4 is 15.5 Å². The van der Waals surface area contributed by atoms with E-state index in [1.54, 1.807) is 0 Å². The normalized spacial score (nSPS) is 24.3. The fourth-order valence-corrected chi connectivity index (χ4v) is 10.3. The van der Waals surface area contributed by atoms with E-state index in [0.717, 1.165) is 78.0 Å². The van der Waals surface area contributed by atoms with E-state index in [2.05, 4.69) is 61.7 Å². The molecule has 0 bridgehead atoms. The van der Waals surface area contributed by atoms with E-state index in [1.807, 2.05) is 49.6 Å². The van der Waals surface area contributed by atoms with Crippen LogP contribution in [-0.4, -0.2) is 104 Å². The molecule has 0 radical (unpaired) electrons. The summed E-state index contributed by atoms with van der Waals surface area (Å²) in [5.74, 6) is 0.265. The Morgan fingerprint density at radius 1 is 0.810 bits per heavy atom. The van der Waals surface area contributed by atoms with Crippen LogP contribution in [0.5, 0.6) is 0 Å². The first kappa shape index (κ1) is 43.6. The molecule has 3 saturated heterocycles. The summed E-state index contributed by atoms with van der Waals surface area (Å²) >= 11 is 0. The molecule has 1 unspecified atom stereocenters. The molecule has 16 nitrogen and oxygen atoms in total. The second kappa shape index (κ2) is 17.6. The van der Waals surface area contributed by atoms with E-state index in [-0.39, 0.29) is 47.8 Å². The monoisotopic (exact) mass is 866 g/mol. The number of H-pyrrole nitrogens is 2. The van der Waals surface area contributed by atoms with Crippen LogP contribution in [-0.2, 0) is 25.5 Å². The van der Waals surface area contributed by atoms with Crippen molar-refractivity contribution in [1.82, 2.24) is 45.4 Å². The Morgan fingerprint density at radius 3 is 2.02 bits per heavy atom. The number of aromatic amines is 2. The van der Waals surface area contributed by atoms with E-state index in [4.69, 9.17) is 19.4 Å². The number of carbonyl (C=O) groups is 4. The smallest absolute Gasteiger partial charge is 0.407 e. The van der Waals surface area contributed by atoms with Gasteiger partial charge in [0.05, 0.1) is 54.8 Å². The van der Waals surface area contributed by atoms with E-state index in [1.165, 1.54) is 26.5 Å². The molecule has 3 aliphatic heterocycles. The number of fused-ring (bicyclic) bond motifs is 2. The van der Waals surface area contributed by atoms with Gasteiger partial charge in [0.2, 0.25) is 17.8 Å². The minimum atomic E-state index is -0.731. The minimum absolute atomic E-state index is 0.0365. The van der Waals surface area contributed by atoms with Gasteiger partial charge in [0.15, 0.2) is 0 Å². The second-order valence-electron chi connectivity index (χ2n) is 18.3. The Kier molecular flexibility index (Phi) is 12.2. The quantitative estimate of drug-likeness (QED) is 0.116. The topological polar surface area (TPSA) is 191 Å². The van der Waals surface area contributed by atoms with E-state index >= 15 is 0 Å². The van der Waals surface area contributed by atoms with E-state index in [9.17, 15) is 23.6 Å². The lowest BCUT2D eigenvalue weighted by atomic mass is 9.74. The van der Waals surface area contributed by atoms with Gasteiger partial charge in [-0.1, -0.05) is 46.8 Å². The van der Waals surface area contributed by atoms with Crippen LogP contribution in [0.1, 0.15) is 120 Å². The number of aromatic nitrogens is 5. The van der Waals surface area contributed by atoms with Crippen LogP contribution in [0.15, 0.2) is 42.6 Å². The van der Waals surface area contributed by atoms with Crippen molar-refractivity contribution in [3.63, 3.8) is 0 Å². The first-order valence-corrected chi connectivity index (χ1v) is 22.2. The van der Waals surface area contributed by atoms with Crippen LogP contribution >= 0.6 is 0 Å². The van der Waals surface area contributed by atoms with Crippen molar-refractivity contribution in [2.75, 3.05) is 32.2 Å². The van der Waals surface area contributed by atoms with Gasteiger partial charge in [-0.15, -0.1) is 0 Å². The molecule has 63 heavy (non-hydrogen) atoms. The zero-order valence-corrected chi connectivity index (χ0v) is 37.1. The number of pyridine rings is 1. The van der Waals surface area contributed by atoms with Crippen molar-refractivity contribution >= 4 is 46.8 Å². The zero-order valence-electron chi connectivity index (χ0n) is 37.1. The van der Waals surface area contributed by atoms with Gasteiger partial charge in [-0.2, -0.15) is 4.39 Å². The van der Waals surface area contributed by atoms with Crippen LogP contribution in [0.2, 0.25) is 0 Å². The average molecular weight is 867 g/mol. The van der Waals surface area contributed by atoms with Gasteiger partial charge in [0.1, 0.15) is 23.7 Å². The number of methoxy groups -OCH3 is 2. The van der Waals surface area contributed by atoms with Crippen molar-refractivity contribution in [2.45, 2.75) is 116 Å². The number of likely N-dealkylation sites (tertiary alicyclic amines) is 2. The van der Waals surface area contributed by atoms with Crippen LogP contribution in [0.25, 0.3) is 17.1 Å². The number of benzene rings is 1. The molecule has 4 N–H and O–H groups in total. The first-order valence-electron chi connectivity index (χ1n) is 22.2. The summed E-state index contributed by atoms with van der Waals surface area (Å²) in [5, 5.41) is 5.44. The van der Waals surface area contributed by atoms with Gasteiger partial charge in [0, 0.05) is 48.9 Å². The summed E-state index contributed by atoms with van der Waals surface area (Å²) in [6.45, 7) is 10.9. The maximum atomic E-state index is 15.0. The van der Waals surface area contributed by atoms with Crippen molar-refractivity contribution in [3.05, 3.63) is 77.2 Å². The number of imidazole rings is 2. The van der Waals surface area contributed by atoms with Crippen molar-refractivity contribution in [1.29, 1.82) is 0 Å². The van der Waals surface area contributed by atoms with Gasteiger partial charge < -0.3 is 44.8 Å². The Balaban J connectivity index is 1.04. The predicted molar refractivity (Wildman–Crippen MR) is 234 cm³/mol. The molecule has 7 atom stereocenters. The standard InChI is InChI=1S/C46H59FN10O6/c1-25(2)38(53-44(60)62-6)42(58)55-20-8-10-34(55)40-49-29-13-12-27(22-31(29)51-40)33-14-15-36(57(33)28-17-19-48-37(47)23-28)46(5)18-16-30-32(24-46)52-41(50-30)35-11-9-21-56(35)43(59)39(26(3)4)54-45(61)63-7/h12-13,16-19,22-23,25-26,33-36,38-39H,8-11,14-15,20-21,24H2,1-7H3,(H,49,51)(H,50,52)(H,53,60)(H,54,61)/t33-,34+,35+,36-,38+,39+,46?/m1/s1. The number of alkyl carbamates (subject to hydrolysis) is 2. The predicted octanol–water partition coefficient (Wildman–Crippen LogP) is 6.89. The van der Waals surface area contributed by atoms with E-state index < -0.39 is 35.6 Å². The Morgan fingerprint density at radius 2 is 1.43 bits per heavy atom. The molecular formula is C46H59FN10O6. The molecule has 3 fully saturated rings. The summed E-state index contributed by atoms with van der Waals surface area (Å²) < 4.78 is 24.6. The largest absolute Gasteiger partial charge is 0.453 e. The number of amides is 4. The molecule has 3 aromatic heterocycles. The SMILES string of the molecule is COC(=O)N[C@H](C(=O)N1CCC[C@H]1c1nc2c([nH]1)C=CC(C)([C@H]1CC[C@H](c3ccc4[nH]c([C@@H]5CCCN5C(=O)[C@@H](NC(=O)OC)C(C)C)nc4c3)N1c1ccnc(F)c1)C2)C(C)C. The highest BCUT2D eigenvalue weighted by molar-refractivity contribution is 5.87. The molecule has 4 aliphatic rings. The number of halogens is 1. The highest BCUT2D eigenvalue weighted by atomic mass is 19.1. The third kappa shape index (κ3) is 8.45. The first-order chi connectivity index (χ1) is 30.2. The van der Waals surface area contributed by atoms with Gasteiger partial charge in [-0.3, -0.25) is 9.59 Å². The van der Waals surface area contributed by atoms with Crippen LogP contribution in [0.3, 0.4) is 0 Å². The number of hydrogen-bond acceptors (Lipinski definition) is 10. The molecule has 6 heterocycles. The van der Waals surface area contributed by atoms with Crippen LogP contribution in [0.4, 0.5) is 19.7 Å². The number of ether oxygens (including phenoxy) is 2. The van der Waals surface area contributed by atoms with Crippen molar-refractivity contribution in [3.8, 4) is 0 Å². The van der Waals surface area contributed by atoms with Gasteiger partial charge in [0.25, 0.3) is 0 Å². The Bertz CT molecular complexity index is 2400. The lowest BCUT2D eigenvalue weighted by Gasteiger charge is -2.43. The summed E-state index contributed by atoms with van der Waals surface area (Å²) in [7, 11) is 2.57. The summed E-state index contributed by atoms with van der Waals surface area (Å²) in [6, 6.07) is 7.47. The fraction of sp³-hybridized carbons (Fsp3) is 0.543. The molecule has 4 amide bonds. The van der Waals surface area contributed by atoms with Gasteiger partial charge in [-0.25, -0.2) is 24.5 Å². The highest BCUT2D eigenvalue weighted by Crippen LogP contribution is 2.50. The number of hydrogen-bond donors (Lipinski definition) is 4. The molecule has 17 heteroatoms. The molecule has 0 saturated carbocycles. The fourth-order valence-electron chi connectivity index (χ4n) is 10.3. The molecule has 336 valence electrons. The number of carbonyl (C=O) groups excluding carboxylic acids is 4. The van der Waals surface area contributed by atoms with Crippen LogP contribution in [0, 0.1) is 23.2 Å². The Hall–Kier alpha value is -6.00. The highest BCUT2D eigenvalue weighted by Gasteiger charge is 2.47. The molecule has 8 rings (SSSR count). The minimum Gasteiger partial charge on any atom is -0.453 e. The molecular weight excluding hydrogens is 808 g/mol. The maximum Gasteiger partial charge on any atom is 0.407 e. The number of anilines is 1. The second-order valence-corrected chi connectivity index (χ2v) is 18.3. The average Bonchev–Trinajstić information content (AvgIpc) is 4.12. The van der Waals surface area contributed by atoms with Crippen molar-refractivity contribution in [2.24, 2.45) is 17.3 Å². The van der Waals surface area contributed by atoms with Gasteiger partial charge in [-0.05, 0) is 80.2 Å². The zero-order chi connectivity index (χ0) is 44.7. The molecule has 4 aromatic rings. The summed E-state index contributed by atoms with van der Waals surface area (Å²) in [6.07, 6.45) is 9.94. The molecule has 1 aliphatic carbocycles. The molecule has 0 spiro atoms. The van der Waals surface area contributed by atoms with Gasteiger partial charge >= 0.3 is 12.2 Å². The summed E-state index contributed by atoms with van der Waals surface area (Å²) in [4.78, 5) is 79.1. The number of nitrogens with one attached hydrogen (secondary N) is 4. The summed E-state index contributed by atoms with van der Waals surface area (Å²) in [5.41, 5.74) is 4.83. The van der Waals surface area contributed by atoms with E-state index in [0.29, 0.717) is 25.3 Å². The molecule has 1 aromatic carbocycles. The third-order valence-corrected chi connectivity index (χ3v) is 13.6. The van der Waals surface area contributed by atoms with Crippen molar-refractivity contribution < 1.29 is 33.0 Å². The maximum absolute atomic E-state index is 15.0. The lowest BCUT2D eigenvalue weighted by molar-refractivity contribution is -0.136. The Labute approximate surface area is 366 Å². The number of rotatable bonds is 11. The third-order valence-electron chi connectivity index (χ3n) is 13.6. The number of nitrogens with zero attached hydrogens (tertiary/aromatic N) is 6. The lowest BCUT2D eigenvalue weighted by Crippen LogP contribution is -2.51.